The lowest BCUT2D eigenvalue weighted by Gasteiger charge is -2.17. The number of aromatic nitrogens is 1. The lowest BCUT2D eigenvalue weighted by Crippen LogP contribution is -2.37. The molecule has 0 saturated carbocycles. The van der Waals surface area contributed by atoms with Gasteiger partial charge in [-0.15, -0.1) is 11.6 Å². The van der Waals surface area contributed by atoms with Crippen LogP contribution in [0.15, 0.2) is 12.3 Å². The monoisotopic (exact) mass is 273 g/mol. The van der Waals surface area contributed by atoms with Gasteiger partial charge in [-0.1, -0.05) is 13.8 Å². The van der Waals surface area contributed by atoms with Crippen molar-refractivity contribution in [3.63, 3.8) is 0 Å². The third-order valence-corrected chi connectivity index (χ3v) is 2.77. The van der Waals surface area contributed by atoms with Gasteiger partial charge in [-0.05, 0) is 12.3 Å². The van der Waals surface area contributed by atoms with Crippen molar-refractivity contribution >= 4 is 23.2 Å². The van der Waals surface area contributed by atoms with Gasteiger partial charge in [0.05, 0.1) is 11.1 Å². The van der Waals surface area contributed by atoms with Gasteiger partial charge in [0, 0.05) is 18.0 Å². The number of amides is 1. The van der Waals surface area contributed by atoms with E-state index in [9.17, 15) is 14.9 Å². The molecule has 0 aliphatic carbocycles. The molecule has 18 heavy (non-hydrogen) atoms. The number of alkyl halides is 1. The molecule has 0 spiro atoms. The molecule has 1 atom stereocenters. The van der Waals surface area contributed by atoms with Crippen LogP contribution in [0.3, 0.4) is 0 Å². The number of carbonyl (C=O) groups excluding carboxylic acids is 1. The molecule has 1 rings (SSSR count). The quantitative estimate of drug-likeness (QED) is 0.473. The number of aromatic amines is 1. The van der Waals surface area contributed by atoms with E-state index in [1.807, 2.05) is 13.8 Å². The van der Waals surface area contributed by atoms with Crippen molar-refractivity contribution in [2.75, 3.05) is 5.88 Å². The highest BCUT2D eigenvalue weighted by Gasteiger charge is 2.18. The van der Waals surface area contributed by atoms with Crippen molar-refractivity contribution in [3.05, 3.63) is 28.1 Å². The van der Waals surface area contributed by atoms with Crippen LogP contribution >= 0.6 is 11.6 Å². The van der Waals surface area contributed by atoms with Gasteiger partial charge in [0.1, 0.15) is 5.69 Å². The largest absolute Gasteiger partial charge is 0.351 e. The summed E-state index contributed by atoms with van der Waals surface area (Å²) in [5.41, 5.74) is 0.0343. The van der Waals surface area contributed by atoms with Gasteiger partial charge in [-0.3, -0.25) is 14.9 Å². The van der Waals surface area contributed by atoms with E-state index in [0.29, 0.717) is 11.8 Å². The summed E-state index contributed by atoms with van der Waals surface area (Å²) in [4.78, 5) is 24.3. The average molecular weight is 274 g/mol. The van der Waals surface area contributed by atoms with Crippen molar-refractivity contribution in [1.82, 2.24) is 10.3 Å². The Balaban J connectivity index is 2.65. The van der Waals surface area contributed by atoms with E-state index in [2.05, 4.69) is 10.3 Å². The first-order chi connectivity index (χ1) is 8.43. The predicted octanol–water partition coefficient (Wildman–Crippen LogP) is 2.31. The zero-order valence-electron chi connectivity index (χ0n) is 10.3. The first-order valence-corrected chi connectivity index (χ1v) is 6.17. The van der Waals surface area contributed by atoms with E-state index in [-0.39, 0.29) is 23.3 Å². The second kappa shape index (κ2) is 6.39. The summed E-state index contributed by atoms with van der Waals surface area (Å²) in [6.07, 6.45) is 1.95. The molecular formula is C11H16ClN3O3. The van der Waals surface area contributed by atoms with Crippen LogP contribution in [0.5, 0.6) is 0 Å². The number of rotatable bonds is 6. The summed E-state index contributed by atoms with van der Waals surface area (Å²) in [7, 11) is 0. The highest BCUT2D eigenvalue weighted by atomic mass is 35.5. The van der Waals surface area contributed by atoms with Gasteiger partial charge in [-0.25, -0.2) is 0 Å². The number of hydrogen-bond acceptors (Lipinski definition) is 3. The van der Waals surface area contributed by atoms with E-state index in [4.69, 9.17) is 11.6 Å². The van der Waals surface area contributed by atoms with E-state index < -0.39 is 4.92 Å². The Hall–Kier alpha value is -1.56. The molecule has 0 fully saturated rings. The molecule has 7 heteroatoms. The topological polar surface area (TPSA) is 88.0 Å². The van der Waals surface area contributed by atoms with E-state index in [0.717, 1.165) is 6.42 Å². The Morgan fingerprint density at radius 1 is 1.61 bits per heavy atom. The zero-order valence-corrected chi connectivity index (χ0v) is 11.0. The van der Waals surface area contributed by atoms with Gasteiger partial charge in [0.2, 0.25) is 0 Å². The normalized spacial score (nSPS) is 12.4. The van der Waals surface area contributed by atoms with Crippen molar-refractivity contribution in [1.29, 1.82) is 0 Å². The Labute approximate surface area is 110 Å². The summed E-state index contributed by atoms with van der Waals surface area (Å²) in [5, 5.41) is 13.2. The first-order valence-electron chi connectivity index (χ1n) is 5.63. The minimum Gasteiger partial charge on any atom is -0.351 e. The van der Waals surface area contributed by atoms with Crippen molar-refractivity contribution < 1.29 is 9.72 Å². The molecule has 2 N–H and O–H groups in total. The minimum atomic E-state index is -0.555. The first kappa shape index (κ1) is 14.5. The number of halogens is 1. The van der Waals surface area contributed by atoms with Crippen LogP contribution in [0.25, 0.3) is 0 Å². The molecule has 1 aromatic rings. The summed E-state index contributed by atoms with van der Waals surface area (Å²) in [6.45, 7) is 4.07. The second-order valence-electron chi connectivity index (χ2n) is 4.48. The van der Waals surface area contributed by atoms with Gasteiger partial charge in [0.15, 0.2) is 0 Å². The fourth-order valence-corrected chi connectivity index (χ4v) is 1.82. The zero-order chi connectivity index (χ0) is 13.7. The minimum absolute atomic E-state index is 0.133. The standard InChI is InChI=1S/C11H16ClN3O3/c1-7(2)3-8(5-12)14-11(16)10-4-9(6-13-10)15(17)18/h4,6-8,13H,3,5H2,1-2H3,(H,14,16). The third-order valence-electron chi connectivity index (χ3n) is 2.40. The fourth-order valence-electron chi connectivity index (χ4n) is 1.61. The average Bonchev–Trinajstić information content (AvgIpc) is 2.76. The highest BCUT2D eigenvalue weighted by molar-refractivity contribution is 6.18. The number of carbonyl (C=O) groups is 1. The highest BCUT2D eigenvalue weighted by Crippen LogP contribution is 2.13. The molecule has 1 aromatic heterocycles. The molecule has 100 valence electrons. The van der Waals surface area contributed by atoms with Gasteiger partial charge in [-0.2, -0.15) is 0 Å². The molecule has 0 saturated heterocycles. The number of nitrogens with one attached hydrogen (secondary N) is 2. The lowest BCUT2D eigenvalue weighted by molar-refractivity contribution is -0.384. The lowest BCUT2D eigenvalue weighted by atomic mass is 10.1. The smallest absolute Gasteiger partial charge is 0.287 e. The van der Waals surface area contributed by atoms with Crippen LogP contribution in [0.2, 0.25) is 0 Å². The molecule has 1 unspecified atom stereocenters. The van der Waals surface area contributed by atoms with Crippen LogP contribution in [-0.4, -0.2) is 27.7 Å². The molecule has 1 heterocycles. The van der Waals surface area contributed by atoms with Crippen molar-refractivity contribution in [2.24, 2.45) is 5.92 Å². The third kappa shape index (κ3) is 4.03. The van der Waals surface area contributed by atoms with Crippen LogP contribution < -0.4 is 5.32 Å². The summed E-state index contributed by atoms with van der Waals surface area (Å²) in [5.74, 6) is 0.341. The molecule has 0 aliphatic rings. The SMILES string of the molecule is CC(C)CC(CCl)NC(=O)c1cc([N+](=O)[O-])c[nH]1. The van der Waals surface area contributed by atoms with Crippen molar-refractivity contribution in [2.45, 2.75) is 26.3 Å². The maximum atomic E-state index is 11.8. The van der Waals surface area contributed by atoms with Crippen LogP contribution in [0.4, 0.5) is 5.69 Å². The molecule has 0 bridgehead atoms. The van der Waals surface area contributed by atoms with Gasteiger partial charge < -0.3 is 10.3 Å². The molecule has 0 aromatic carbocycles. The van der Waals surface area contributed by atoms with Gasteiger partial charge in [0.25, 0.3) is 11.6 Å². The summed E-state index contributed by atoms with van der Waals surface area (Å²) < 4.78 is 0. The second-order valence-corrected chi connectivity index (χ2v) is 4.79. The number of nitrogens with zero attached hydrogens (tertiary/aromatic N) is 1. The van der Waals surface area contributed by atoms with Crippen LogP contribution in [0.1, 0.15) is 30.8 Å². The van der Waals surface area contributed by atoms with E-state index in [1.54, 1.807) is 0 Å². The summed E-state index contributed by atoms with van der Waals surface area (Å²) in [6, 6.07) is 1.07. The molecule has 6 nitrogen and oxygen atoms in total. The Morgan fingerprint density at radius 3 is 2.72 bits per heavy atom. The maximum Gasteiger partial charge on any atom is 0.287 e. The van der Waals surface area contributed by atoms with Crippen LogP contribution in [-0.2, 0) is 0 Å². The predicted molar refractivity (Wildman–Crippen MR) is 68.9 cm³/mol. The number of nitro groups is 1. The maximum absolute atomic E-state index is 11.8. The van der Waals surface area contributed by atoms with E-state index >= 15 is 0 Å². The molecule has 0 aliphatic heterocycles. The Bertz CT molecular complexity index is 431. The summed E-state index contributed by atoms with van der Waals surface area (Å²) >= 11 is 5.77. The number of hydrogen-bond donors (Lipinski definition) is 2. The number of H-pyrrole nitrogens is 1. The van der Waals surface area contributed by atoms with Crippen molar-refractivity contribution in [3.8, 4) is 0 Å². The Morgan fingerprint density at radius 2 is 2.28 bits per heavy atom. The molecular weight excluding hydrogens is 258 g/mol. The molecule has 1 amide bonds. The Kier molecular flexibility index (Phi) is 5.15. The fraction of sp³-hybridized carbons (Fsp3) is 0.545. The van der Waals surface area contributed by atoms with E-state index in [1.165, 1.54) is 12.3 Å². The molecule has 0 radical (unpaired) electrons. The van der Waals surface area contributed by atoms with Gasteiger partial charge >= 0.3 is 0 Å². The van der Waals surface area contributed by atoms with Crippen LogP contribution in [0, 0.1) is 16.0 Å².